The largest absolute Gasteiger partial charge is 0.305 e. The van der Waals surface area contributed by atoms with Crippen molar-refractivity contribution in [1.29, 1.82) is 0 Å². The zero-order valence-corrected chi connectivity index (χ0v) is 8.36. The van der Waals surface area contributed by atoms with Gasteiger partial charge < -0.3 is 9.20 Å². The summed E-state index contributed by atoms with van der Waals surface area (Å²) in [5.41, 5.74) is 2.00. The minimum absolute atomic E-state index is 0.450. The molecule has 0 saturated carbocycles. The van der Waals surface area contributed by atoms with Gasteiger partial charge in [0.2, 0.25) is 0 Å². The fourth-order valence-corrected chi connectivity index (χ4v) is 1.66. The van der Waals surface area contributed by atoms with E-state index in [2.05, 4.69) is 20.9 Å². The number of fused-ring (bicyclic) bond motifs is 1. The van der Waals surface area contributed by atoms with E-state index in [1.807, 2.05) is 22.7 Å². The van der Waals surface area contributed by atoms with Gasteiger partial charge in [-0.15, -0.1) is 0 Å². The lowest BCUT2D eigenvalue weighted by molar-refractivity contribution is -0.107. The molecule has 2 rings (SSSR count). The fourth-order valence-electron chi connectivity index (χ4n) is 1.23. The Kier molecular flexibility index (Phi) is 2.14. The Balaban J connectivity index is 2.56. The number of carbonyl (C=O) groups is 1. The maximum Gasteiger partial charge on any atom is 0.131 e. The predicted octanol–water partition coefficient (Wildman–Crippen LogP) is 1.84. The van der Waals surface area contributed by atoms with Crippen LogP contribution in [-0.2, 0) is 11.2 Å². The number of aromatic nitrogens is 2. The van der Waals surface area contributed by atoms with Crippen LogP contribution in [0.4, 0.5) is 0 Å². The third-order valence-corrected chi connectivity index (χ3v) is 2.48. The lowest BCUT2D eigenvalue weighted by atomic mass is 10.2. The molecule has 0 atom stereocenters. The van der Waals surface area contributed by atoms with Gasteiger partial charge in [0.1, 0.15) is 17.2 Å². The number of imidazole rings is 1. The summed E-state index contributed by atoms with van der Waals surface area (Å²) in [7, 11) is 0. The highest BCUT2D eigenvalue weighted by atomic mass is 79.9. The van der Waals surface area contributed by atoms with Gasteiger partial charge in [-0.05, 0) is 27.6 Å². The van der Waals surface area contributed by atoms with Crippen molar-refractivity contribution >= 4 is 27.7 Å². The summed E-state index contributed by atoms with van der Waals surface area (Å²) in [6, 6.07) is 3.87. The number of nitrogens with zero attached hydrogens (tertiary/aromatic N) is 2. The maximum atomic E-state index is 10.3. The van der Waals surface area contributed by atoms with Crippen LogP contribution in [0.5, 0.6) is 0 Å². The number of pyridine rings is 1. The Morgan fingerprint density at radius 2 is 2.38 bits per heavy atom. The second kappa shape index (κ2) is 3.30. The van der Waals surface area contributed by atoms with Crippen molar-refractivity contribution in [3.05, 3.63) is 34.8 Å². The first-order chi connectivity index (χ1) is 6.31. The van der Waals surface area contributed by atoms with E-state index in [4.69, 9.17) is 0 Å². The summed E-state index contributed by atoms with van der Waals surface area (Å²) >= 11 is 3.33. The van der Waals surface area contributed by atoms with Crippen LogP contribution < -0.4 is 0 Å². The lowest BCUT2D eigenvalue weighted by Gasteiger charge is -1.97. The van der Waals surface area contributed by atoms with Gasteiger partial charge in [-0.2, -0.15) is 0 Å². The fraction of sp³-hybridized carbons (Fsp3) is 0.111. The van der Waals surface area contributed by atoms with E-state index in [1.165, 1.54) is 0 Å². The molecule has 3 nitrogen and oxygen atoms in total. The Hall–Kier alpha value is -1.16. The summed E-state index contributed by atoms with van der Waals surface area (Å²) in [6.45, 7) is 0. The van der Waals surface area contributed by atoms with Crippen LogP contribution in [-0.4, -0.2) is 15.7 Å². The number of carbonyl (C=O) groups excluding carboxylic acids is 1. The van der Waals surface area contributed by atoms with Crippen LogP contribution in [0.15, 0.2) is 29.3 Å². The van der Waals surface area contributed by atoms with E-state index in [-0.39, 0.29) is 0 Å². The van der Waals surface area contributed by atoms with Gasteiger partial charge >= 0.3 is 0 Å². The summed E-state index contributed by atoms with van der Waals surface area (Å²) in [5, 5.41) is 0. The zero-order valence-electron chi connectivity index (χ0n) is 6.77. The number of hydrogen-bond acceptors (Lipinski definition) is 2. The standard InChI is InChI=1S/C9H7BrN2O/c10-9-8-2-1-7(3-4-13)5-12(8)6-11-9/h1-2,4-6H,3H2. The Morgan fingerprint density at radius 3 is 3.15 bits per heavy atom. The number of rotatable bonds is 2. The van der Waals surface area contributed by atoms with Crippen LogP contribution in [0.2, 0.25) is 0 Å². The minimum atomic E-state index is 0.450. The molecule has 0 aliphatic heterocycles. The van der Waals surface area contributed by atoms with Crippen LogP contribution in [0.25, 0.3) is 5.52 Å². The first-order valence-electron chi connectivity index (χ1n) is 3.86. The molecule has 0 saturated heterocycles. The van der Waals surface area contributed by atoms with Gasteiger partial charge in [0, 0.05) is 12.6 Å². The Morgan fingerprint density at radius 1 is 1.54 bits per heavy atom. The zero-order chi connectivity index (χ0) is 9.26. The molecule has 0 fully saturated rings. The van der Waals surface area contributed by atoms with Crippen molar-refractivity contribution in [1.82, 2.24) is 9.38 Å². The lowest BCUT2D eigenvalue weighted by Crippen LogP contribution is -1.89. The summed E-state index contributed by atoms with van der Waals surface area (Å²) in [5.74, 6) is 0. The van der Waals surface area contributed by atoms with Gasteiger partial charge in [0.15, 0.2) is 0 Å². The SMILES string of the molecule is O=CCc1ccc2c(Br)ncn2c1. The van der Waals surface area contributed by atoms with Crippen molar-refractivity contribution < 1.29 is 4.79 Å². The molecule has 0 aliphatic carbocycles. The molecule has 0 aromatic carbocycles. The molecular formula is C9H7BrN2O. The molecule has 0 bridgehead atoms. The van der Waals surface area contributed by atoms with Gasteiger partial charge in [-0.3, -0.25) is 0 Å². The molecule has 0 unspecified atom stereocenters. The van der Waals surface area contributed by atoms with E-state index in [1.54, 1.807) is 6.33 Å². The minimum Gasteiger partial charge on any atom is -0.305 e. The van der Waals surface area contributed by atoms with E-state index < -0.39 is 0 Å². The quantitative estimate of drug-likeness (QED) is 0.749. The highest BCUT2D eigenvalue weighted by Crippen LogP contribution is 2.16. The maximum absolute atomic E-state index is 10.3. The van der Waals surface area contributed by atoms with Crippen molar-refractivity contribution in [2.45, 2.75) is 6.42 Å². The molecule has 2 aromatic heterocycles. The molecule has 4 heteroatoms. The van der Waals surface area contributed by atoms with E-state index in [9.17, 15) is 4.79 Å². The molecule has 0 N–H and O–H groups in total. The Bertz CT molecular complexity index is 450. The monoisotopic (exact) mass is 238 g/mol. The van der Waals surface area contributed by atoms with E-state index in [0.29, 0.717) is 6.42 Å². The van der Waals surface area contributed by atoms with Crippen LogP contribution >= 0.6 is 15.9 Å². The summed E-state index contributed by atoms with van der Waals surface area (Å²) in [6.07, 6.45) is 4.97. The van der Waals surface area contributed by atoms with Crippen molar-refractivity contribution in [2.24, 2.45) is 0 Å². The van der Waals surface area contributed by atoms with Gasteiger partial charge in [0.05, 0.1) is 5.52 Å². The Labute approximate surface area is 83.5 Å². The van der Waals surface area contributed by atoms with E-state index >= 15 is 0 Å². The van der Waals surface area contributed by atoms with Crippen LogP contribution in [0.1, 0.15) is 5.56 Å². The van der Waals surface area contributed by atoms with Crippen LogP contribution in [0.3, 0.4) is 0 Å². The molecule has 0 spiro atoms. The predicted molar refractivity (Wildman–Crippen MR) is 52.7 cm³/mol. The third kappa shape index (κ3) is 1.49. The van der Waals surface area contributed by atoms with Crippen molar-refractivity contribution in [3.8, 4) is 0 Å². The smallest absolute Gasteiger partial charge is 0.131 e. The molecule has 13 heavy (non-hydrogen) atoms. The number of halogens is 1. The average molecular weight is 239 g/mol. The first kappa shape index (κ1) is 8.44. The molecular weight excluding hydrogens is 232 g/mol. The molecule has 2 aromatic rings. The van der Waals surface area contributed by atoms with Crippen LogP contribution in [0, 0.1) is 0 Å². The summed E-state index contributed by atoms with van der Waals surface area (Å²) in [4.78, 5) is 14.4. The highest BCUT2D eigenvalue weighted by Gasteiger charge is 2.00. The second-order valence-corrected chi connectivity index (χ2v) is 3.49. The summed E-state index contributed by atoms with van der Waals surface area (Å²) < 4.78 is 2.72. The number of aldehydes is 1. The van der Waals surface area contributed by atoms with Crippen molar-refractivity contribution in [3.63, 3.8) is 0 Å². The third-order valence-electron chi connectivity index (χ3n) is 1.86. The molecule has 0 aliphatic rings. The normalized spacial score (nSPS) is 10.5. The highest BCUT2D eigenvalue weighted by molar-refractivity contribution is 9.10. The van der Waals surface area contributed by atoms with Crippen molar-refractivity contribution in [2.75, 3.05) is 0 Å². The topological polar surface area (TPSA) is 34.4 Å². The molecule has 0 amide bonds. The number of hydrogen-bond donors (Lipinski definition) is 0. The van der Waals surface area contributed by atoms with Gasteiger partial charge in [-0.25, -0.2) is 4.98 Å². The second-order valence-electron chi connectivity index (χ2n) is 2.74. The van der Waals surface area contributed by atoms with Gasteiger partial charge in [-0.1, -0.05) is 6.07 Å². The van der Waals surface area contributed by atoms with Gasteiger partial charge in [0.25, 0.3) is 0 Å². The molecule has 2 heterocycles. The van der Waals surface area contributed by atoms with E-state index in [0.717, 1.165) is 22.0 Å². The first-order valence-corrected chi connectivity index (χ1v) is 4.65. The molecule has 0 radical (unpaired) electrons. The molecule has 66 valence electrons. The average Bonchev–Trinajstić information content (AvgIpc) is 2.48.